The van der Waals surface area contributed by atoms with Gasteiger partial charge in [0, 0.05) is 30.7 Å². The van der Waals surface area contributed by atoms with Crippen molar-refractivity contribution in [3.8, 4) is 11.3 Å². The van der Waals surface area contributed by atoms with Crippen LogP contribution in [0, 0.1) is 0 Å². The number of nitrogens with one attached hydrogen (secondary N) is 1. The highest BCUT2D eigenvalue weighted by Crippen LogP contribution is 2.33. The molecule has 0 saturated carbocycles. The molecular formula is C20H15F3N6O. The van der Waals surface area contributed by atoms with Gasteiger partial charge in [0.2, 0.25) is 0 Å². The van der Waals surface area contributed by atoms with Gasteiger partial charge >= 0.3 is 6.18 Å². The molecule has 1 aliphatic rings. The minimum atomic E-state index is -4.52. The minimum Gasteiger partial charge on any atom is -0.344 e. The fourth-order valence-electron chi connectivity index (χ4n) is 3.63. The van der Waals surface area contributed by atoms with Gasteiger partial charge in [-0.15, -0.1) is 0 Å². The Balaban J connectivity index is 1.39. The molecule has 0 saturated heterocycles. The summed E-state index contributed by atoms with van der Waals surface area (Å²) in [6.45, 7) is 0.566. The fraction of sp³-hybridized carbons (Fsp3) is 0.200. The largest absolute Gasteiger partial charge is 0.433 e. The molecule has 0 bridgehead atoms. The molecule has 0 radical (unpaired) electrons. The Bertz CT molecular complexity index is 1230. The lowest BCUT2D eigenvalue weighted by Gasteiger charge is -2.11. The van der Waals surface area contributed by atoms with Crippen molar-refractivity contribution in [1.82, 2.24) is 29.7 Å². The predicted octanol–water partition coefficient (Wildman–Crippen LogP) is 3.49. The number of amides is 1. The third kappa shape index (κ3) is 3.19. The Labute approximate surface area is 168 Å². The summed E-state index contributed by atoms with van der Waals surface area (Å²) in [5.41, 5.74) is 1.82. The Morgan fingerprint density at radius 2 is 2.03 bits per heavy atom. The topological polar surface area (TPSA) is 77.1 Å². The van der Waals surface area contributed by atoms with E-state index in [0.29, 0.717) is 29.8 Å². The monoisotopic (exact) mass is 412 g/mol. The second kappa shape index (κ2) is 6.68. The third-order valence-electron chi connectivity index (χ3n) is 5.08. The predicted molar refractivity (Wildman–Crippen MR) is 100 cm³/mol. The van der Waals surface area contributed by atoms with Gasteiger partial charge in [-0.2, -0.15) is 23.4 Å². The number of hydrogen-bond acceptors (Lipinski definition) is 4. The maximum absolute atomic E-state index is 12.9. The molecule has 0 aromatic carbocycles. The van der Waals surface area contributed by atoms with Crippen LogP contribution in [0.15, 0.2) is 55.0 Å². The number of aryl methyl sites for hydroxylation is 1. The van der Waals surface area contributed by atoms with Crippen molar-refractivity contribution >= 4 is 11.4 Å². The van der Waals surface area contributed by atoms with Gasteiger partial charge < -0.3 is 5.32 Å². The maximum Gasteiger partial charge on any atom is 0.433 e. The van der Waals surface area contributed by atoms with Crippen LogP contribution < -0.4 is 5.32 Å². The summed E-state index contributed by atoms with van der Waals surface area (Å²) in [6.07, 6.45) is 0.537. The first kappa shape index (κ1) is 18.3. The van der Waals surface area contributed by atoms with Gasteiger partial charge in [-0.1, -0.05) is 0 Å². The van der Waals surface area contributed by atoms with Crippen molar-refractivity contribution in [2.24, 2.45) is 0 Å². The number of hydrogen-bond donors (Lipinski definition) is 1. The van der Waals surface area contributed by atoms with Gasteiger partial charge in [0.1, 0.15) is 5.69 Å². The van der Waals surface area contributed by atoms with Crippen LogP contribution in [0.2, 0.25) is 0 Å². The van der Waals surface area contributed by atoms with E-state index in [-0.39, 0.29) is 11.9 Å². The number of halogens is 3. The summed E-state index contributed by atoms with van der Waals surface area (Å²) in [5.74, 6) is -0.245. The average molecular weight is 412 g/mol. The van der Waals surface area contributed by atoms with E-state index in [1.165, 1.54) is 6.07 Å². The molecule has 30 heavy (non-hydrogen) atoms. The zero-order valence-corrected chi connectivity index (χ0v) is 15.5. The van der Waals surface area contributed by atoms with Crippen LogP contribution in [0.25, 0.3) is 16.8 Å². The van der Waals surface area contributed by atoms with Crippen molar-refractivity contribution in [3.05, 3.63) is 71.9 Å². The number of alkyl halides is 3. The van der Waals surface area contributed by atoms with Gasteiger partial charge in [-0.25, -0.2) is 4.52 Å². The first-order valence-corrected chi connectivity index (χ1v) is 9.24. The van der Waals surface area contributed by atoms with Crippen LogP contribution in [0.4, 0.5) is 13.2 Å². The number of nitrogens with zero attached hydrogens (tertiary/aromatic N) is 5. The second-order valence-corrected chi connectivity index (χ2v) is 7.04. The van der Waals surface area contributed by atoms with Crippen molar-refractivity contribution in [2.75, 3.05) is 0 Å². The first-order chi connectivity index (χ1) is 14.4. The summed E-state index contributed by atoms with van der Waals surface area (Å²) in [4.78, 5) is 16.1. The van der Waals surface area contributed by atoms with Crippen molar-refractivity contribution in [1.29, 1.82) is 0 Å². The summed E-state index contributed by atoms with van der Waals surface area (Å²) >= 11 is 0. The van der Waals surface area contributed by atoms with Crippen molar-refractivity contribution in [3.63, 3.8) is 0 Å². The maximum atomic E-state index is 12.9. The molecule has 1 amide bonds. The Morgan fingerprint density at radius 3 is 2.83 bits per heavy atom. The molecule has 1 unspecified atom stereocenters. The molecule has 1 aliphatic heterocycles. The number of rotatable bonds is 3. The van der Waals surface area contributed by atoms with E-state index in [2.05, 4.69) is 20.5 Å². The molecule has 5 heterocycles. The zero-order valence-electron chi connectivity index (χ0n) is 15.5. The number of aromatic nitrogens is 5. The summed E-state index contributed by atoms with van der Waals surface area (Å²) in [6, 6.07) is 9.29. The van der Waals surface area contributed by atoms with Crippen LogP contribution in [-0.2, 0) is 12.7 Å². The van der Waals surface area contributed by atoms with Gasteiger partial charge in [-0.3, -0.25) is 14.5 Å². The highest BCUT2D eigenvalue weighted by atomic mass is 19.4. The number of carbonyl (C=O) groups excluding carboxylic acids is 1. The highest BCUT2D eigenvalue weighted by Gasteiger charge is 2.33. The molecule has 1 N–H and O–H groups in total. The SMILES string of the molecule is O=C(NC1CCn2nc(-c3ccnc(C(F)(F)F)c3)cc21)c1cc2cccnn2c1. The molecule has 0 spiro atoms. The lowest BCUT2D eigenvalue weighted by atomic mass is 10.1. The van der Waals surface area contributed by atoms with Gasteiger partial charge in [0.15, 0.2) is 0 Å². The molecule has 4 aromatic heterocycles. The summed E-state index contributed by atoms with van der Waals surface area (Å²) < 4.78 is 42.2. The smallest absolute Gasteiger partial charge is 0.344 e. The Kier molecular flexibility index (Phi) is 4.09. The van der Waals surface area contributed by atoms with Crippen LogP contribution >= 0.6 is 0 Å². The zero-order chi connectivity index (χ0) is 20.9. The van der Waals surface area contributed by atoms with Crippen LogP contribution in [0.1, 0.15) is 34.2 Å². The molecule has 10 heteroatoms. The van der Waals surface area contributed by atoms with Crippen LogP contribution in [-0.4, -0.2) is 30.3 Å². The van der Waals surface area contributed by atoms with Crippen LogP contribution in [0.5, 0.6) is 0 Å². The highest BCUT2D eigenvalue weighted by molar-refractivity contribution is 5.95. The Hall–Kier alpha value is -3.69. The van der Waals surface area contributed by atoms with E-state index in [0.717, 1.165) is 23.5 Å². The standard InChI is InChI=1S/C20H15F3N6O/c21-20(22,23)18-9-12(3-6-24-18)16-10-17-15(4-7-28(17)27-16)26-19(30)13-8-14-2-1-5-25-29(14)11-13/h1-3,5-6,8-11,15H,4,7H2,(H,26,30). The first-order valence-electron chi connectivity index (χ1n) is 9.24. The number of pyridine rings is 1. The van der Waals surface area contributed by atoms with E-state index in [4.69, 9.17) is 0 Å². The van der Waals surface area contributed by atoms with Crippen LogP contribution in [0.3, 0.4) is 0 Å². The van der Waals surface area contributed by atoms with E-state index >= 15 is 0 Å². The average Bonchev–Trinajstić information content (AvgIpc) is 3.42. The second-order valence-electron chi connectivity index (χ2n) is 7.04. The minimum absolute atomic E-state index is 0.245. The molecule has 0 fully saturated rings. The van der Waals surface area contributed by atoms with Gasteiger partial charge in [-0.05, 0) is 42.8 Å². The molecule has 7 nitrogen and oxygen atoms in total. The van der Waals surface area contributed by atoms with Gasteiger partial charge in [0.25, 0.3) is 5.91 Å². The number of carbonyl (C=O) groups is 1. The molecule has 5 rings (SSSR count). The lowest BCUT2D eigenvalue weighted by Crippen LogP contribution is -2.26. The van der Waals surface area contributed by atoms with Gasteiger partial charge in [0.05, 0.1) is 28.5 Å². The quantitative estimate of drug-likeness (QED) is 0.559. The van der Waals surface area contributed by atoms with Crippen molar-refractivity contribution in [2.45, 2.75) is 25.2 Å². The summed E-state index contributed by atoms with van der Waals surface area (Å²) in [7, 11) is 0. The number of fused-ring (bicyclic) bond motifs is 2. The molecular weight excluding hydrogens is 397 g/mol. The van der Waals surface area contributed by atoms with E-state index in [1.54, 1.807) is 39.8 Å². The lowest BCUT2D eigenvalue weighted by molar-refractivity contribution is -0.141. The molecule has 1 atom stereocenters. The molecule has 4 aromatic rings. The fourth-order valence-corrected chi connectivity index (χ4v) is 3.63. The molecule has 0 aliphatic carbocycles. The molecule has 152 valence electrons. The van der Waals surface area contributed by atoms with E-state index < -0.39 is 11.9 Å². The van der Waals surface area contributed by atoms with Crippen molar-refractivity contribution < 1.29 is 18.0 Å². The third-order valence-corrected chi connectivity index (χ3v) is 5.08. The normalized spacial score (nSPS) is 16.0. The Morgan fingerprint density at radius 1 is 1.17 bits per heavy atom. The van der Waals surface area contributed by atoms with E-state index in [9.17, 15) is 18.0 Å². The van der Waals surface area contributed by atoms with E-state index in [1.807, 2.05) is 6.07 Å². The summed E-state index contributed by atoms with van der Waals surface area (Å²) in [5, 5.41) is 11.5.